The first-order chi connectivity index (χ1) is 7.06. The van der Waals surface area contributed by atoms with Gasteiger partial charge in [-0.2, -0.15) is 0 Å². The van der Waals surface area contributed by atoms with Crippen LogP contribution in [0.15, 0.2) is 18.2 Å². The highest BCUT2D eigenvalue weighted by molar-refractivity contribution is 5.27. The summed E-state index contributed by atoms with van der Waals surface area (Å²) in [6.45, 7) is 0.115. The summed E-state index contributed by atoms with van der Waals surface area (Å²) in [4.78, 5) is 0. The molecule has 2 N–H and O–H groups in total. The van der Waals surface area contributed by atoms with Crippen LogP contribution < -0.4 is 5.32 Å². The van der Waals surface area contributed by atoms with E-state index in [-0.39, 0.29) is 17.7 Å². The smallest absolute Gasteiger partial charge is 0.263 e. The first kappa shape index (κ1) is 12.0. The van der Waals surface area contributed by atoms with Gasteiger partial charge in [-0.3, -0.25) is 0 Å². The maximum atomic E-state index is 13.2. The fourth-order valence-electron chi connectivity index (χ4n) is 1.26. The molecular formula is C10H12F3NO. The Morgan fingerprint density at radius 1 is 1.40 bits per heavy atom. The van der Waals surface area contributed by atoms with Crippen molar-refractivity contribution in [2.45, 2.75) is 12.5 Å². The van der Waals surface area contributed by atoms with Gasteiger partial charge in [-0.15, -0.1) is 0 Å². The number of likely N-dealkylation sites (N-methyl/N-ethyl adjacent to an activating group) is 1. The molecule has 1 unspecified atom stereocenters. The number of alkyl halides is 2. The molecule has 0 bridgehead atoms. The van der Waals surface area contributed by atoms with Crippen molar-refractivity contribution in [1.82, 2.24) is 5.32 Å². The van der Waals surface area contributed by atoms with E-state index in [4.69, 9.17) is 0 Å². The van der Waals surface area contributed by atoms with E-state index < -0.39 is 18.3 Å². The van der Waals surface area contributed by atoms with E-state index in [1.54, 1.807) is 7.05 Å². The molecule has 0 aromatic heterocycles. The largest absolute Gasteiger partial charge is 0.387 e. The Balaban J connectivity index is 2.99. The van der Waals surface area contributed by atoms with E-state index in [1.165, 1.54) is 0 Å². The number of benzene rings is 1. The zero-order valence-electron chi connectivity index (χ0n) is 8.17. The third kappa shape index (κ3) is 2.94. The summed E-state index contributed by atoms with van der Waals surface area (Å²) in [5.41, 5.74) is -0.399. The highest BCUT2D eigenvalue weighted by Gasteiger charge is 2.15. The van der Waals surface area contributed by atoms with Crippen molar-refractivity contribution in [1.29, 1.82) is 0 Å². The molecule has 0 aliphatic carbocycles. The maximum Gasteiger partial charge on any atom is 0.263 e. The van der Waals surface area contributed by atoms with Crippen LogP contribution in [-0.4, -0.2) is 18.7 Å². The van der Waals surface area contributed by atoms with Gasteiger partial charge in [0.15, 0.2) is 0 Å². The lowest BCUT2D eigenvalue weighted by Crippen LogP contribution is -2.17. The quantitative estimate of drug-likeness (QED) is 0.812. The van der Waals surface area contributed by atoms with Crippen LogP contribution in [0.2, 0.25) is 0 Å². The molecule has 0 aliphatic heterocycles. The molecule has 1 aromatic rings. The third-order valence-corrected chi connectivity index (χ3v) is 2.03. The van der Waals surface area contributed by atoms with Gasteiger partial charge in [0.25, 0.3) is 6.43 Å². The molecule has 1 atom stereocenters. The summed E-state index contributed by atoms with van der Waals surface area (Å²) in [7, 11) is 1.58. The van der Waals surface area contributed by atoms with Crippen LogP contribution in [-0.2, 0) is 0 Å². The summed E-state index contributed by atoms with van der Waals surface area (Å²) in [5, 5.41) is 12.1. The van der Waals surface area contributed by atoms with Crippen molar-refractivity contribution in [2.24, 2.45) is 0 Å². The number of aliphatic hydroxyl groups excluding tert-OH is 1. The first-order valence-electron chi connectivity index (χ1n) is 4.46. The molecule has 0 aliphatic rings. The lowest BCUT2D eigenvalue weighted by molar-refractivity contribution is 0.149. The lowest BCUT2D eigenvalue weighted by atomic mass is 10.1. The van der Waals surface area contributed by atoms with Crippen molar-refractivity contribution < 1.29 is 18.3 Å². The summed E-state index contributed by atoms with van der Waals surface area (Å²) >= 11 is 0. The molecule has 0 fully saturated rings. The average molecular weight is 219 g/mol. The summed E-state index contributed by atoms with van der Waals surface area (Å²) in [5.74, 6) is -0.679. The van der Waals surface area contributed by atoms with Crippen molar-refractivity contribution in [3.8, 4) is 0 Å². The Kier molecular flexibility index (Phi) is 4.11. The molecule has 1 rings (SSSR count). The predicted molar refractivity (Wildman–Crippen MR) is 50.2 cm³/mol. The van der Waals surface area contributed by atoms with Crippen LogP contribution in [0.3, 0.4) is 0 Å². The van der Waals surface area contributed by atoms with Gasteiger partial charge < -0.3 is 10.4 Å². The molecule has 0 saturated carbocycles. The fraction of sp³-hybridized carbons (Fsp3) is 0.400. The van der Waals surface area contributed by atoms with Crippen LogP contribution in [0, 0.1) is 5.82 Å². The monoisotopic (exact) mass is 219 g/mol. The van der Waals surface area contributed by atoms with Crippen LogP contribution in [0.5, 0.6) is 0 Å². The Bertz CT molecular complexity index is 330. The zero-order chi connectivity index (χ0) is 11.4. The second-order valence-corrected chi connectivity index (χ2v) is 3.16. The summed E-state index contributed by atoms with van der Waals surface area (Å²) in [6.07, 6.45) is -3.78. The van der Waals surface area contributed by atoms with E-state index in [9.17, 15) is 18.3 Å². The Hall–Kier alpha value is -1.07. The SMILES string of the molecule is CNCC(O)c1cc(C(F)F)ccc1F. The van der Waals surface area contributed by atoms with Gasteiger partial charge in [0.05, 0.1) is 6.10 Å². The first-order valence-corrected chi connectivity index (χ1v) is 4.46. The molecule has 0 heterocycles. The minimum atomic E-state index is -2.66. The van der Waals surface area contributed by atoms with E-state index in [1.807, 2.05) is 0 Å². The van der Waals surface area contributed by atoms with Gasteiger partial charge in [-0.05, 0) is 19.2 Å². The minimum absolute atomic E-state index is 0.109. The number of halogens is 3. The molecule has 15 heavy (non-hydrogen) atoms. The number of hydrogen-bond acceptors (Lipinski definition) is 2. The van der Waals surface area contributed by atoms with Gasteiger partial charge >= 0.3 is 0 Å². The average Bonchev–Trinajstić information content (AvgIpc) is 2.18. The topological polar surface area (TPSA) is 32.3 Å². The van der Waals surface area contributed by atoms with Gasteiger partial charge in [0, 0.05) is 17.7 Å². The van der Waals surface area contributed by atoms with E-state index in [0.29, 0.717) is 0 Å². The molecule has 2 nitrogen and oxygen atoms in total. The second-order valence-electron chi connectivity index (χ2n) is 3.16. The molecule has 0 amide bonds. The fourth-order valence-corrected chi connectivity index (χ4v) is 1.26. The van der Waals surface area contributed by atoms with Crippen molar-refractivity contribution in [3.05, 3.63) is 35.1 Å². The van der Waals surface area contributed by atoms with Crippen molar-refractivity contribution in [3.63, 3.8) is 0 Å². The standard InChI is InChI=1S/C10H12F3NO/c1-14-5-9(15)7-4-6(10(12)13)2-3-8(7)11/h2-4,9-10,14-15H,5H2,1H3. The van der Waals surface area contributed by atoms with Gasteiger partial charge in [-0.25, -0.2) is 13.2 Å². The predicted octanol–water partition coefficient (Wildman–Crippen LogP) is 2.02. The number of hydrogen-bond donors (Lipinski definition) is 2. The van der Waals surface area contributed by atoms with Crippen LogP contribution in [0.1, 0.15) is 23.7 Å². The lowest BCUT2D eigenvalue weighted by Gasteiger charge is -2.12. The minimum Gasteiger partial charge on any atom is -0.387 e. The highest BCUT2D eigenvalue weighted by Crippen LogP contribution is 2.24. The highest BCUT2D eigenvalue weighted by atomic mass is 19.3. The Labute approximate surface area is 85.7 Å². The molecule has 5 heteroatoms. The molecule has 0 saturated heterocycles. The summed E-state index contributed by atoms with van der Waals surface area (Å²) in [6, 6.07) is 2.94. The van der Waals surface area contributed by atoms with E-state index in [0.717, 1.165) is 18.2 Å². The van der Waals surface area contributed by atoms with Gasteiger partial charge in [0.1, 0.15) is 5.82 Å². The molecular weight excluding hydrogens is 207 g/mol. The van der Waals surface area contributed by atoms with Gasteiger partial charge in [0.2, 0.25) is 0 Å². The number of rotatable bonds is 4. The van der Waals surface area contributed by atoms with Crippen LogP contribution >= 0.6 is 0 Å². The Morgan fingerprint density at radius 2 is 2.07 bits per heavy atom. The Morgan fingerprint density at radius 3 is 2.60 bits per heavy atom. The number of aliphatic hydroxyl groups is 1. The van der Waals surface area contributed by atoms with Crippen LogP contribution in [0.4, 0.5) is 13.2 Å². The molecule has 0 radical (unpaired) electrons. The molecule has 0 spiro atoms. The van der Waals surface area contributed by atoms with Crippen molar-refractivity contribution in [2.75, 3.05) is 13.6 Å². The third-order valence-electron chi connectivity index (χ3n) is 2.03. The van der Waals surface area contributed by atoms with E-state index >= 15 is 0 Å². The zero-order valence-corrected chi connectivity index (χ0v) is 8.17. The maximum absolute atomic E-state index is 13.2. The normalized spacial score (nSPS) is 13.2. The summed E-state index contributed by atoms with van der Waals surface area (Å²) < 4.78 is 37.8. The number of nitrogens with one attached hydrogen (secondary N) is 1. The molecule has 84 valence electrons. The van der Waals surface area contributed by atoms with Gasteiger partial charge in [-0.1, -0.05) is 6.07 Å². The van der Waals surface area contributed by atoms with Crippen LogP contribution in [0.25, 0.3) is 0 Å². The second kappa shape index (κ2) is 5.14. The molecule has 1 aromatic carbocycles. The van der Waals surface area contributed by atoms with Crippen molar-refractivity contribution >= 4 is 0 Å². The van der Waals surface area contributed by atoms with E-state index in [2.05, 4.69) is 5.32 Å².